The highest BCUT2D eigenvalue weighted by Crippen LogP contribution is 2.26. The molecule has 0 radical (unpaired) electrons. The average Bonchev–Trinajstić information content (AvgIpc) is 2.98. The molecule has 0 bridgehead atoms. The Labute approximate surface area is 259 Å². The fourth-order valence-electron chi connectivity index (χ4n) is 3.85. The van der Waals surface area contributed by atoms with Crippen LogP contribution in [0.3, 0.4) is 0 Å². The first-order valence-corrected chi connectivity index (χ1v) is 14.9. The summed E-state index contributed by atoms with van der Waals surface area (Å²) in [5.74, 6) is -0.529. The SMILES string of the molecule is CC(C)c1ccc(/C=C(\NC(=O)c2ccccc2)C(=O)Nc2ccc(SCC(=O)Nc3ccc(Cl)cc3Cl)cc2)cc1. The normalized spacial score (nSPS) is 11.2. The summed E-state index contributed by atoms with van der Waals surface area (Å²) in [7, 11) is 0. The van der Waals surface area contributed by atoms with Gasteiger partial charge in [0.1, 0.15) is 5.70 Å². The van der Waals surface area contributed by atoms with E-state index in [4.69, 9.17) is 23.2 Å². The van der Waals surface area contributed by atoms with Gasteiger partial charge in [0.15, 0.2) is 0 Å². The summed E-state index contributed by atoms with van der Waals surface area (Å²) in [6, 6.07) is 28.5. The molecule has 0 fully saturated rings. The molecule has 4 aromatic carbocycles. The zero-order chi connectivity index (χ0) is 30.1. The van der Waals surface area contributed by atoms with Crippen molar-refractivity contribution in [1.82, 2.24) is 5.32 Å². The minimum Gasteiger partial charge on any atom is -0.324 e. The molecule has 0 spiro atoms. The van der Waals surface area contributed by atoms with E-state index in [1.807, 2.05) is 30.3 Å². The van der Waals surface area contributed by atoms with E-state index in [0.717, 1.165) is 10.5 Å². The average molecular weight is 619 g/mol. The second-order valence-electron chi connectivity index (χ2n) is 9.64. The molecule has 0 heterocycles. The third-order valence-corrected chi connectivity index (χ3v) is 7.69. The molecule has 214 valence electrons. The van der Waals surface area contributed by atoms with Crippen LogP contribution in [0.1, 0.15) is 41.3 Å². The Kier molecular flexibility index (Phi) is 10.8. The fraction of sp³-hybridized carbons (Fsp3) is 0.121. The summed E-state index contributed by atoms with van der Waals surface area (Å²) in [6.45, 7) is 4.22. The molecule has 0 saturated carbocycles. The molecule has 3 N–H and O–H groups in total. The van der Waals surface area contributed by atoms with Crippen molar-refractivity contribution in [2.75, 3.05) is 16.4 Å². The zero-order valence-electron chi connectivity index (χ0n) is 23.0. The van der Waals surface area contributed by atoms with E-state index < -0.39 is 5.91 Å². The van der Waals surface area contributed by atoms with Crippen molar-refractivity contribution in [3.63, 3.8) is 0 Å². The Bertz CT molecular complexity index is 1590. The smallest absolute Gasteiger partial charge is 0.272 e. The first kappa shape index (κ1) is 30.9. The summed E-state index contributed by atoms with van der Waals surface area (Å²) in [5.41, 5.74) is 3.53. The van der Waals surface area contributed by atoms with Gasteiger partial charge in [-0.3, -0.25) is 14.4 Å². The molecule has 0 atom stereocenters. The number of amides is 3. The van der Waals surface area contributed by atoms with Gasteiger partial charge in [0.25, 0.3) is 11.8 Å². The maximum atomic E-state index is 13.3. The summed E-state index contributed by atoms with van der Waals surface area (Å²) in [6.07, 6.45) is 1.65. The van der Waals surface area contributed by atoms with Crippen LogP contribution < -0.4 is 16.0 Å². The molecule has 0 aromatic heterocycles. The highest BCUT2D eigenvalue weighted by Gasteiger charge is 2.15. The zero-order valence-corrected chi connectivity index (χ0v) is 25.3. The van der Waals surface area contributed by atoms with Crippen LogP contribution in [-0.2, 0) is 9.59 Å². The Morgan fingerprint density at radius 3 is 2.17 bits per heavy atom. The number of thioether (sulfide) groups is 1. The highest BCUT2D eigenvalue weighted by molar-refractivity contribution is 8.00. The summed E-state index contributed by atoms with van der Waals surface area (Å²) < 4.78 is 0. The molecular formula is C33H29Cl2N3O3S. The van der Waals surface area contributed by atoms with Crippen molar-refractivity contribution in [2.24, 2.45) is 0 Å². The summed E-state index contributed by atoms with van der Waals surface area (Å²) in [5, 5.41) is 9.22. The first-order chi connectivity index (χ1) is 20.2. The van der Waals surface area contributed by atoms with Gasteiger partial charge in [-0.2, -0.15) is 0 Å². The van der Waals surface area contributed by atoms with E-state index in [1.54, 1.807) is 72.8 Å². The number of hydrogen-bond donors (Lipinski definition) is 3. The number of hydrogen-bond acceptors (Lipinski definition) is 4. The van der Waals surface area contributed by atoms with Crippen molar-refractivity contribution in [3.05, 3.63) is 129 Å². The van der Waals surface area contributed by atoms with Crippen molar-refractivity contribution < 1.29 is 14.4 Å². The van der Waals surface area contributed by atoms with Gasteiger partial charge in [-0.05, 0) is 77.7 Å². The number of halogens is 2. The number of carbonyl (C=O) groups is 3. The minimum absolute atomic E-state index is 0.108. The van der Waals surface area contributed by atoms with Crippen molar-refractivity contribution in [2.45, 2.75) is 24.7 Å². The largest absolute Gasteiger partial charge is 0.324 e. The number of anilines is 2. The molecule has 4 aromatic rings. The monoisotopic (exact) mass is 617 g/mol. The van der Waals surface area contributed by atoms with Gasteiger partial charge < -0.3 is 16.0 Å². The number of carbonyl (C=O) groups excluding carboxylic acids is 3. The maximum Gasteiger partial charge on any atom is 0.272 e. The number of benzene rings is 4. The first-order valence-electron chi connectivity index (χ1n) is 13.1. The van der Waals surface area contributed by atoms with E-state index in [1.165, 1.54) is 17.3 Å². The van der Waals surface area contributed by atoms with Gasteiger partial charge in [-0.1, -0.05) is 79.5 Å². The molecule has 0 aliphatic heterocycles. The van der Waals surface area contributed by atoms with E-state index in [-0.39, 0.29) is 23.3 Å². The summed E-state index contributed by atoms with van der Waals surface area (Å²) in [4.78, 5) is 39.4. The van der Waals surface area contributed by atoms with Crippen molar-refractivity contribution >= 4 is 70.1 Å². The molecule has 0 aliphatic carbocycles. The highest BCUT2D eigenvalue weighted by atomic mass is 35.5. The van der Waals surface area contributed by atoms with Gasteiger partial charge in [0.2, 0.25) is 5.91 Å². The molecule has 4 rings (SSSR count). The van der Waals surface area contributed by atoms with E-state index in [0.29, 0.717) is 32.9 Å². The Balaban J connectivity index is 1.42. The Morgan fingerprint density at radius 2 is 1.52 bits per heavy atom. The van der Waals surface area contributed by atoms with Crippen molar-refractivity contribution in [1.29, 1.82) is 0 Å². The van der Waals surface area contributed by atoms with Gasteiger partial charge in [0, 0.05) is 21.2 Å². The van der Waals surface area contributed by atoms with Crippen LogP contribution in [0.5, 0.6) is 0 Å². The van der Waals surface area contributed by atoms with Crippen LogP contribution in [0.2, 0.25) is 10.0 Å². The van der Waals surface area contributed by atoms with Crippen LogP contribution >= 0.6 is 35.0 Å². The second-order valence-corrected chi connectivity index (χ2v) is 11.5. The van der Waals surface area contributed by atoms with Gasteiger partial charge in [-0.15, -0.1) is 11.8 Å². The number of nitrogens with one attached hydrogen (secondary N) is 3. The lowest BCUT2D eigenvalue weighted by Gasteiger charge is -2.12. The quantitative estimate of drug-likeness (QED) is 0.123. The van der Waals surface area contributed by atoms with E-state index >= 15 is 0 Å². The topological polar surface area (TPSA) is 87.3 Å². The summed E-state index contributed by atoms with van der Waals surface area (Å²) >= 11 is 13.4. The van der Waals surface area contributed by atoms with Crippen molar-refractivity contribution in [3.8, 4) is 0 Å². The number of rotatable bonds is 10. The Hall–Kier alpha value is -4.04. The lowest BCUT2D eigenvalue weighted by molar-refractivity contribution is -0.114. The minimum atomic E-state index is -0.466. The standard InChI is InChI=1S/C33H29Cl2N3O3S/c1-21(2)23-10-8-22(9-11-23)18-30(38-32(40)24-6-4-3-5-7-24)33(41)36-26-13-15-27(16-14-26)42-20-31(39)37-29-17-12-25(34)19-28(29)35/h3-19,21H,20H2,1-2H3,(H,36,41)(H,37,39)(H,38,40)/b30-18-. The molecule has 6 nitrogen and oxygen atoms in total. The van der Waals surface area contributed by atoms with Crippen LogP contribution in [0.15, 0.2) is 108 Å². The second kappa shape index (κ2) is 14.7. The fourth-order valence-corrected chi connectivity index (χ4v) is 5.00. The van der Waals surface area contributed by atoms with E-state index in [9.17, 15) is 14.4 Å². The van der Waals surface area contributed by atoms with Crippen LogP contribution in [0.4, 0.5) is 11.4 Å². The lowest BCUT2D eigenvalue weighted by Crippen LogP contribution is -2.30. The van der Waals surface area contributed by atoms with Gasteiger partial charge in [-0.25, -0.2) is 0 Å². The third kappa shape index (κ3) is 8.98. The van der Waals surface area contributed by atoms with E-state index in [2.05, 4.69) is 29.8 Å². The maximum absolute atomic E-state index is 13.3. The molecule has 0 saturated heterocycles. The van der Waals surface area contributed by atoms with Gasteiger partial charge in [0.05, 0.1) is 16.5 Å². The predicted octanol–water partition coefficient (Wildman–Crippen LogP) is 8.26. The van der Waals surface area contributed by atoms with Gasteiger partial charge >= 0.3 is 0 Å². The molecule has 9 heteroatoms. The van der Waals surface area contributed by atoms with Crippen LogP contribution in [0, 0.1) is 0 Å². The molecule has 3 amide bonds. The van der Waals surface area contributed by atoms with Crippen LogP contribution in [-0.4, -0.2) is 23.5 Å². The van der Waals surface area contributed by atoms with Crippen LogP contribution in [0.25, 0.3) is 6.08 Å². The third-order valence-electron chi connectivity index (χ3n) is 6.13. The lowest BCUT2D eigenvalue weighted by atomic mass is 10.0. The Morgan fingerprint density at radius 1 is 0.833 bits per heavy atom. The molecular weight excluding hydrogens is 589 g/mol. The predicted molar refractivity (Wildman–Crippen MR) is 173 cm³/mol. The molecule has 0 unspecified atom stereocenters. The molecule has 42 heavy (non-hydrogen) atoms. The molecule has 0 aliphatic rings.